The molecule has 8 heteroatoms. The number of benzene rings is 1. The molecule has 0 amide bonds. The average Bonchev–Trinajstić information content (AvgIpc) is 2.96. The van der Waals surface area contributed by atoms with E-state index in [2.05, 4.69) is 45.3 Å². The Balaban J connectivity index is 0.00000392. The number of nitrogens with zero attached hydrogens (tertiary/aromatic N) is 3. The summed E-state index contributed by atoms with van der Waals surface area (Å²) in [5, 5.41) is 11.2. The van der Waals surface area contributed by atoms with Gasteiger partial charge in [-0.25, -0.2) is 0 Å². The fourth-order valence-electron chi connectivity index (χ4n) is 2.83. The van der Waals surface area contributed by atoms with Crippen LogP contribution in [0.4, 0.5) is 5.69 Å². The summed E-state index contributed by atoms with van der Waals surface area (Å²) in [4.78, 5) is 4.30. The van der Waals surface area contributed by atoms with Crippen LogP contribution in [0.15, 0.2) is 29.3 Å². The number of nitrogens with one attached hydrogen (secondary N) is 2. The first-order valence-electron chi connectivity index (χ1n) is 9.26. The molecule has 2 rings (SSSR count). The first-order valence-corrected chi connectivity index (χ1v) is 9.26. The van der Waals surface area contributed by atoms with E-state index in [9.17, 15) is 0 Å². The Labute approximate surface area is 184 Å². The standard InChI is InChI=1S/C20H31N5O2.HI/c1-7-27-18-9-8-17(11-19(18)26-6)23-20(21-5)22-12-14(2)13-25-16(4)10-15(3)24-25;/h8-11,14H,7,12-13H2,1-6H3,(H2,21,22,23);1H. The zero-order valence-electron chi connectivity index (χ0n) is 17.6. The highest BCUT2D eigenvalue weighted by molar-refractivity contribution is 14.0. The van der Waals surface area contributed by atoms with Crippen LogP contribution in [-0.4, -0.2) is 43.0 Å². The zero-order valence-corrected chi connectivity index (χ0v) is 19.9. The highest BCUT2D eigenvalue weighted by Gasteiger charge is 2.10. The van der Waals surface area contributed by atoms with Crippen molar-refractivity contribution in [2.24, 2.45) is 10.9 Å². The van der Waals surface area contributed by atoms with Crippen LogP contribution in [0, 0.1) is 19.8 Å². The van der Waals surface area contributed by atoms with Crippen molar-refractivity contribution in [1.29, 1.82) is 0 Å². The van der Waals surface area contributed by atoms with Gasteiger partial charge in [0.25, 0.3) is 0 Å². The summed E-state index contributed by atoms with van der Waals surface area (Å²) in [6.07, 6.45) is 0. The Hall–Kier alpha value is -1.97. The van der Waals surface area contributed by atoms with Crippen LogP contribution in [-0.2, 0) is 6.54 Å². The molecule has 2 aromatic rings. The summed E-state index contributed by atoms with van der Waals surface area (Å²) in [6.45, 7) is 10.5. The third-order valence-electron chi connectivity index (χ3n) is 4.16. The topological polar surface area (TPSA) is 72.7 Å². The molecule has 0 aliphatic carbocycles. The lowest BCUT2D eigenvalue weighted by molar-refractivity contribution is 0.311. The maximum Gasteiger partial charge on any atom is 0.195 e. The lowest BCUT2D eigenvalue weighted by Crippen LogP contribution is -2.35. The molecule has 1 atom stereocenters. The number of hydrogen-bond donors (Lipinski definition) is 2. The van der Waals surface area contributed by atoms with Crippen LogP contribution in [0.25, 0.3) is 0 Å². The van der Waals surface area contributed by atoms with E-state index in [1.54, 1.807) is 14.2 Å². The molecular weight excluding hydrogens is 469 g/mol. The third-order valence-corrected chi connectivity index (χ3v) is 4.16. The SMILES string of the molecule is CCOc1ccc(NC(=NC)NCC(C)Cn2nc(C)cc2C)cc1OC.I. The molecule has 0 radical (unpaired) electrons. The second-order valence-electron chi connectivity index (χ2n) is 6.59. The molecule has 28 heavy (non-hydrogen) atoms. The van der Waals surface area contributed by atoms with Gasteiger partial charge in [0, 0.05) is 37.6 Å². The normalized spacial score (nSPS) is 12.1. The second kappa shape index (κ2) is 11.8. The van der Waals surface area contributed by atoms with E-state index in [4.69, 9.17) is 9.47 Å². The van der Waals surface area contributed by atoms with Crippen molar-refractivity contribution in [1.82, 2.24) is 15.1 Å². The number of guanidine groups is 1. The van der Waals surface area contributed by atoms with Crippen LogP contribution in [0.2, 0.25) is 0 Å². The first kappa shape index (κ1) is 24.1. The first-order chi connectivity index (χ1) is 13.0. The quantitative estimate of drug-likeness (QED) is 0.327. The molecule has 0 saturated heterocycles. The van der Waals surface area contributed by atoms with Crippen molar-refractivity contribution in [2.45, 2.75) is 34.2 Å². The number of rotatable bonds is 8. The average molecular weight is 501 g/mol. The third kappa shape index (κ3) is 6.88. The Morgan fingerprint density at radius 3 is 2.57 bits per heavy atom. The van der Waals surface area contributed by atoms with Crippen molar-refractivity contribution in [2.75, 3.05) is 32.6 Å². The molecule has 1 aromatic carbocycles. The second-order valence-corrected chi connectivity index (χ2v) is 6.59. The van der Waals surface area contributed by atoms with Gasteiger partial charge in [-0.05, 0) is 44.9 Å². The summed E-state index contributed by atoms with van der Waals surface area (Å²) in [5.41, 5.74) is 3.12. The van der Waals surface area contributed by atoms with E-state index < -0.39 is 0 Å². The van der Waals surface area contributed by atoms with Crippen molar-refractivity contribution in [3.05, 3.63) is 35.7 Å². The molecule has 7 nitrogen and oxygen atoms in total. The molecule has 1 unspecified atom stereocenters. The lowest BCUT2D eigenvalue weighted by atomic mass is 10.2. The molecule has 0 fully saturated rings. The Kier molecular flexibility index (Phi) is 10.1. The van der Waals surface area contributed by atoms with Gasteiger partial charge in [-0.15, -0.1) is 24.0 Å². The summed E-state index contributed by atoms with van der Waals surface area (Å²) in [7, 11) is 3.39. The van der Waals surface area contributed by atoms with Crippen LogP contribution in [0.3, 0.4) is 0 Å². The fraction of sp³-hybridized carbons (Fsp3) is 0.500. The van der Waals surface area contributed by atoms with E-state index in [1.165, 1.54) is 5.69 Å². The van der Waals surface area contributed by atoms with Gasteiger partial charge in [-0.2, -0.15) is 5.10 Å². The fourth-order valence-corrected chi connectivity index (χ4v) is 2.83. The number of halogens is 1. The molecule has 0 bridgehead atoms. The van der Waals surface area contributed by atoms with E-state index in [0.29, 0.717) is 24.2 Å². The Morgan fingerprint density at radius 2 is 2.00 bits per heavy atom. The number of ether oxygens (including phenoxy) is 2. The van der Waals surface area contributed by atoms with E-state index in [-0.39, 0.29) is 24.0 Å². The van der Waals surface area contributed by atoms with Crippen LogP contribution in [0.1, 0.15) is 25.2 Å². The number of hydrogen-bond acceptors (Lipinski definition) is 4. The highest BCUT2D eigenvalue weighted by atomic mass is 127. The molecule has 1 heterocycles. The predicted molar refractivity (Wildman–Crippen MR) is 125 cm³/mol. The zero-order chi connectivity index (χ0) is 19.8. The maximum atomic E-state index is 5.55. The van der Waals surface area contributed by atoms with Gasteiger partial charge in [0.2, 0.25) is 0 Å². The Morgan fingerprint density at radius 1 is 1.25 bits per heavy atom. The van der Waals surface area contributed by atoms with Crippen molar-refractivity contribution in [3.63, 3.8) is 0 Å². The highest BCUT2D eigenvalue weighted by Crippen LogP contribution is 2.30. The Bertz CT molecular complexity index is 776. The van der Waals surface area contributed by atoms with Crippen molar-refractivity contribution in [3.8, 4) is 11.5 Å². The minimum atomic E-state index is 0. The van der Waals surface area contributed by atoms with Gasteiger partial charge in [0.15, 0.2) is 17.5 Å². The minimum absolute atomic E-state index is 0. The number of aryl methyl sites for hydroxylation is 2. The van der Waals surface area contributed by atoms with Gasteiger partial charge in [-0.3, -0.25) is 9.67 Å². The van der Waals surface area contributed by atoms with Gasteiger partial charge in [-0.1, -0.05) is 6.92 Å². The van der Waals surface area contributed by atoms with Gasteiger partial charge in [0.1, 0.15) is 0 Å². The molecule has 2 N–H and O–H groups in total. The van der Waals surface area contributed by atoms with Crippen molar-refractivity contribution >= 4 is 35.6 Å². The summed E-state index contributed by atoms with van der Waals surface area (Å²) in [6, 6.07) is 7.83. The van der Waals surface area contributed by atoms with Gasteiger partial charge in [0.05, 0.1) is 19.4 Å². The number of aliphatic imine (C=N–C) groups is 1. The molecule has 0 aliphatic rings. The van der Waals surface area contributed by atoms with E-state index in [1.807, 2.05) is 32.0 Å². The van der Waals surface area contributed by atoms with Gasteiger partial charge >= 0.3 is 0 Å². The summed E-state index contributed by atoms with van der Waals surface area (Å²) >= 11 is 0. The van der Waals surface area contributed by atoms with Crippen LogP contribution in [0.5, 0.6) is 11.5 Å². The van der Waals surface area contributed by atoms with Crippen LogP contribution >= 0.6 is 24.0 Å². The van der Waals surface area contributed by atoms with Gasteiger partial charge < -0.3 is 20.1 Å². The molecule has 0 spiro atoms. The monoisotopic (exact) mass is 501 g/mol. The van der Waals surface area contributed by atoms with E-state index >= 15 is 0 Å². The number of anilines is 1. The van der Waals surface area contributed by atoms with Crippen LogP contribution < -0.4 is 20.1 Å². The minimum Gasteiger partial charge on any atom is -0.493 e. The lowest BCUT2D eigenvalue weighted by Gasteiger charge is -2.17. The molecular formula is C20H32IN5O2. The molecule has 0 saturated carbocycles. The predicted octanol–water partition coefficient (Wildman–Crippen LogP) is 3.85. The van der Waals surface area contributed by atoms with E-state index in [0.717, 1.165) is 30.2 Å². The molecule has 0 aliphatic heterocycles. The molecule has 156 valence electrons. The smallest absolute Gasteiger partial charge is 0.195 e. The number of aromatic nitrogens is 2. The maximum absolute atomic E-state index is 5.55. The number of methoxy groups -OCH3 is 1. The summed E-state index contributed by atoms with van der Waals surface area (Å²) in [5.74, 6) is 2.53. The van der Waals surface area contributed by atoms with Crippen molar-refractivity contribution < 1.29 is 9.47 Å². The molecule has 1 aromatic heterocycles. The largest absolute Gasteiger partial charge is 0.493 e. The summed E-state index contributed by atoms with van der Waals surface area (Å²) < 4.78 is 13.0.